The monoisotopic (exact) mass is 285 g/mol. The van der Waals surface area contributed by atoms with Crippen LogP contribution < -0.4 is 10.2 Å². The number of hydrogen-bond acceptors (Lipinski definition) is 3. The van der Waals surface area contributed by atoms with Crippen LogP contribution >= 0.6 is 0 Å². The SMILES string of the molecule is CCCNc1ccc(CN2CCc3ccc(F)cc32)cn1. The van der Waals surface area contributed by atoms with Gasteiger partial charge >= 0.3 is 0 Å². The molecule has 0 unspecified atom stereocenters. The average Bonchev–Trinajstić information content (AvgIpc) is 2.89. The fraction of sp³-hybridized carbons (Fsp3) is 0.353. The Morgan fingerprint density at radius 3 is 2.95 bits per heavy atom. The molecule has 1 aliphatic heterocycles. The van der Waals surface area contributed by atoms with Crippen LogP contribution in [0.1, 0.15) is 24.5 Å². The van der Waals surface area contributed by atoms with E-state index in [0.29, 0.717) is 0 Å². The van der Waals surface area contributed by atoms with Crippen LogP contribution in [0, 0.1) is 5.82 Å². The van der Waals surface area contributed by atoms with E-state index in [4.69, 9.17) is 0 Å². The summed E-state index contributed by atoms with van der Waals surface area (Å²) in [5, 5.41) is 3.26. The molecule has 0 bridgehead atoms. The maximum absolute atomic E-state index is 13.4. The number of benzene rings is 1. The van der Waals surface area contributed by atoms with E-state index in [2.05, 4.69) is 28.2 Å². The lowest BCUT2D eigenvalue weighted by Gasteiger charge is -2.19. The zero-order valence-corrected chi connectivity index (χ0v) is 12.3. The molecule has 2 heterocycles. The first kappa shape index (κ1) is 13.9. The van der Waals surface area contributed by atoms with E-state index in [0.717, 1.165) is 49.5 Å². The maximum Gasteiger partial charge on any atom is 0.125 e. The molecule has 0 fully saturated rings. The molecule has 110 valence electrons. The van der Waals surface area contributed by atoms with Crippen LogP contribution in [-0.4, -0.2) is 18.1 Å². The number of halogens is 1. The van der Waals surface area contributed by atoms with E-state index < -0.39 is 0 Å². The quantitative estimate of drug-likeness (QED) is 0.909. The number of nitrogens with one attached hydrogen (secondary N) is 1. The summed E-state index contributed by atoms with van der Waals surface area (Å²) in [5.41, 5.74) is 3.39. The molecule has 1 aliphatic rings. The van der Waals surface area contributed by atoms with Crippen molar-refractivity contribution in [3.8, 4) is 0 Å². The van der Waals surface area contributed by atoms with Gasteiger partial charge in [0.05, 0.1) is 0 Å². The van der Waals surface area contributed by atoms with E-state index in [1.807, 2.05) is 18.3 Å². The van der Waals surface area contributed by atoms with E-state index in [-0.39, 0.29) is 5.82 Å². The van der Waals surface area contributed by atoms with Crippen molar-refractivity contribution >= 4 is 11.5 Å². The lowest BCUT2D eigenvalue weighted by molar-refractivity contribution is 0.627. The highest BCUT2D eigenvalue weighted by atomic mass is 19.1. The normalized spacial score (nSPS) is 13.3. The standard InChI is InChI=1S/C17H20FN3/c1-2-8-19-17-6-3-13(11-20-17)12-21-9-7-14-4-5-15(18)10-16(14)21/h3-6,10-11H,2,7-9,12H2,1H3,(H,19,20). The van der Waals surface area contributed by atoms with E-state index in [1.54, 1.807) is 6.07 Å². The third-order valence-corrected chi connectivity index (χ3v) is 3.79. The molecule has 0 saturated heterocycles. The molecule has 0 saturated carbocycles. The summed E-state index contributed by atoms with van der Waals surface area (Å²) in [6, 6.07) is 9.15. The predicted molar refractivity (Wildman–Crippen MR) is 84.2 cm³/mol. The second-order valence-corrected chi connectivity index (χ2v) is 5.42. The summed E-state index contributed by atoms with van der Waals surface area (Å²) in [7, 11) is 0. The third-order valence-electron chi connectivity index (χ3n) is 3.79. The lowest BCUT2D eigenvalue weighted by Crippen LogP contribution is -2.19. The van der Waals surface area contributed by atoms with Gasteiger partial charge in [-0.2, -0.15) is 0 Å². The van der Waals surface area contributed by atoms with Crippen molar-refractivity contribution in [3.05, 3.63) is 53.5 Å². The highest BCUT2D eigenvalue weighted by molar-refractivity contribution is 5.58. The van der Waals surface area contributed by atoms with Gasteiger partial charge < -0.3 is 10.2 Å². The molecule has 2 aromatic rings. The lowest BCUT2D eigenvalue weighted by atomic mass is 10.1. The van der Waals surface area contributed by atoms with Crippen molar-refractivity contribution in [2.24, 2.45) is 0 Å². The fourth-order valence-corrected chi connectivity index (χ4v) is 2.68. The van der Waals surface area contributed by atoms with Gasteiger partial charge in [0.25, 0.3) is 0 Å². The Kier molecular flexibility index (Phi) is 4.04. The molecule has 0 atom stereocenters. The second-order valence-electron chi connectivity index (χ2n) is 5.42. The first-order chi connectivity index (χ1) is 10.3. The number of anilines is 2. The van der Waals surface area contributed by atoms with E-state index in [1.165, 1.54) is 11.6 Å². The number of hydrogen-bond donors (Lipinski definition) is 1. The minimum atomic E-state index is -0.169. The molecule has 0 aliphatic carbocycles. The molecule has 0 spiro atoms. The summed E-state index contributed by atoms with van der Waals surface area (Å²) < 4.78 is 13.4. The molecule has 1 N–H and O–H groups in total. The Hall–Kier alpha value is -2.10. The number of pyridine rings is 1. The molecule has 3 rings (SSSR count). The van der Waals surface area contributed by atoms with Gasteiger partial charge in [-0.3, -0.25) is 0 Å². The van der Waals surface area contributed by atoms with E-state index >= 15 is 0 Å². The zero-order valence-electron chi connectivity index (χ0n) is 12.3. The fourth-order valence-electron chi connectivity index (χ4n) is 2.68. The van der Waals surface area contributed by atoms with Gasteiger partial charge in [0.1, 0.15) is 11.6 Å². The molecular weight excluding hydrogens is 265 g/mol. The van der Waals surface area contributed by atoms with Gasteiger partial charge in [0.15, 0.2) is 0 Å². The molecule has 3 nitrogen and oxygen atoms in total. The van der Waals surface area contributed by atoms with Gasteiger partial charge in [0, 0.05) is 31.5 Å². The molecule has 1 aromatic carbocycles. The first-order valence-electron chi connectivity index (χ1n) is 7.48. The number of rotatable bonds is 5. The highest BCUT2D eigenvalue weighted by Gasteiger charge is 2.19. The zero-order chi connectivity index (χ0) is 14.7. The number of nitrogens with zero attached hydrogens (tertiary/aromatic N) is 2. The van der Waals surface area contributed by atoms with Gasteiger partial charge in [-0.1, -0.05) is 19.1 Å². The van der Waals surface area contributed by atoms with Crippen molar-refractivity contribution in [2.45, 2.75) is 26.3 Å². The Morgan fingerprint density at radius 2 is 2.19 bits per heavy atom. The summed E-state index contributed by atoms with van der Waals surface area (Å²) in [6.45, 7) is 4.78. The van der Waals surface area contributed by atoms with Crippen molar-refractivity contribution in [3.63, 3.8) is 0 Å². The maximum atomic E-state index is 13.4. The highest BCUT2D eigenvalue weighted by Crippen LogP contribution is 2.29. The van der Waals surface area contributed by atoms with Crippen LogP contribution in [0.4, 0.5) is 15.9 Å². The Bertz CT molecular complexity index is 610. The first-order valence-corrected chi connectivity index (χ1v) is 7.48. The van der Waals surface area contributed by atoms with Crippen LogP contribution in [0.3, 0.4) is 0 Å². The molecule has 1 aromatic heterocycles. The second kappa shape index (κ2) is 6.12. The van der Waals surface area contributed by atoms with Crippen LogP contribution in [0.25, 0.3) is 0 Å². The average molecular weight is 285 g/mol. The Balaban J connectivity index is 1.69. The summed E-state index contributed by atoms with van der Waals surface area (Å²) in [4.78, 5) is 6.64. The van der Waals surface area contributed by atoms with Gasteiger partial charge in [0.2, 0.25) is 0 Å². The smallest absolute Gasteiger partial charge is 0.125 e. The van der Waals surface area contributed by atoms with Gasteiger partial charge in [-0.05, 0) is 42.2 Å². The molecule has 0 amide bonds. The van der Waals surface area contributed by atoms with E-state index in [9.17, 15) is 4.39 Å². The van der Waals surface area contributed by atoms with Crippen LogP contribution in [0.5, 0.6) is 0 Å². The van der Waals surface area contributed by atoms with Crippen molar-refractivity contribution < 1.29 is 4.39 Å². The van der Waals surface area contributed by atoms with Crippen molar-refractivity contribution in [2.75, 3.05) is 23.3 Å². The Labute approximate surface area is 124 Å². The molecular formula is C17H20FN3. The van der Waals surface area contributed by atoms with Gasteiger partial charge in [-0.25, -0.2) is 9.37 Å². The van der Waals surface area contributed by atoms with Crippen LogP contribution in [0.15, 0.2) is 36.5 Å². The third kappa shape index (κ3) is 3.15. The predicted octanol–water partition coefficient (Wildman–Crippen LogP) is 3.61. The largest absolute Gasteiger partial charge is 0.370 e. The minimum absolute atomic E-state index is 0.169. The topological polar surface area (TPSA) is 28.2 Å². The summed E-state index contributed by atoms with van der Waals surface area (Å²) in [5.74, 6) is 0.742. The Morgan fingerprint density at radius 1 is 1.29 bits per heavy atom. The summed E-state index contributed by atoms with van der Waals surface area (Å²) in [6.07, 6.45) is 3.97. The number of fused-ring (bicyclic) bond motifs is 1. The molecule has 0 radical (unpaired) electrons. The van der Waals surface area contributed by atoms with Gasteiger partial charge in [-0.15, -0.1) is 0 Å². The summed E-state index contributed by atoms with van der Waals surface area (Å²) >= 11 is 0. The minimum Gasteiger partial charge on any atom is -0.370 e. The van der Waals surface area contributed by atoms with Crippen molar-refractivity contribution in [1.29, 1.82) is 0 Å². The van der Waals surface area contributed by atoms with Crippen molar-refractivity contribution in [1.82, 2.24) is 4.98 Å². The number of aromatic nitrogens is 1. The molecule has 4 heteroatoms. The van der Waals surface area contributed by atoms with Crippen LogP contribution in [-0.2, 0) is 13.0 Å². The molecule has 21 heavy (non-hydrogen) atoms. The van der Waals surface area contributed by atoms with Crippen LogP contribution in [0.2, 0.25) is 0 Å².